The largest absolute Gasteiger partial charge is 1.00 e. The van der Waals surface area contributed by atoms with Gasteiger partial charge in [-0.2, -0.15) is 8.78 Å². The summed E-state index contributed by atoms with van der Waals surface area (Å²) < 4.78 is 87.2. The summed E-state index contributed by atoms with van der Waals surface area (Å²) in [6, 6.07) is 34.9. The number of rotatable bonds is 6. The molecule has 8 aliphatic rings. The van der Waals surface area contributed by atoms with Gasteiger partial charge in [0, 0.05) is 31.3 Å². The summed E-state index contributed by atoms with van der Waals surface area (Å²) in [5.74, 6) is -4.53. The van der Waals surface area contributed by atoms with E-state index in [0.717, 1.165) is 64.2 Å². The number of carbonyl (C=O) groups excluding carboxylic acids is 2. The molecule has 0 saturated heterocycles. The molecule has 12 rings (SSSR count). The Morgan fingerprint density at radius 2 is 0.733 bits per heavy atom. The van der Waals surface area contributed by atoms with Crippen molar-refractivity contribution in [2.45, 2.75) is 242 Å². The van der Waals surface area contributed by atoms with Crippen molar-refractivity contribution >= 4 is 67.7 Å². The predicted octanol–water partition coefficient (Wildman–Crippen LogP) is 13.5. The molecular formula is C72H107ClF4I2NaO9S-. The van der Waals surface area contributed by atoms with Crippen molar-refractivity contribution in [1.82, 2.24) is 0 Å². The summed E-state index contributed by atoms with van der Waals surface area (Å²) in [6.45, 7) is 31.6. The van der Waals surface area contributed by atoms with Gasteiger partial charge in [-0.25, -0.2) is 4.79 Å². The fourth-order valence-electron chi connectivity index (χ4n) is 13.8. The maximum absolute atomic E-state index is 12.8. The molecule has 8 bridgehead atoms. The Kier molecular flexibility index (Phi) is 36.6. The van der Waals surface area contributed by atoms with Gasteiger partial charge in [0.05, 0.1) is 24.4 Å². The second-order valence-electron chi connectivity index (χ2n) is 29.6. The van der Waals surface area contributed by atoms with Gasteiger partial charge in [0.2, 0.25) is 5.97 Å². The van der Waals surface area contributed by atoms with Crippen LogP contribution in [0, 0.1) is 61.9 Å². The van der Waals surface area contributed by atoms with Crippen molar-refractivity contribution in [2.75, 3.05) is 13.2 Å². The first kappa shape index (κ1) is 89.8. The Balaban J connectivity index is 0. The van der Waals surface area contributed by atoms with Crippen molar-refractivity contribution < 1.29 is 101 Å². The summed E-state index contributed by atoms with van der Waals surface area (Å²) in [6.07, 6.45) is 8.02. The minimum atomic E-state index is -3.43. The zero-order valence-corrected chi connectivity index (χ0v) is 62.1. The average molecular weight is 1540 g/mol. The molecule has 8 saturated carbocycles. The molecule has 8 aliphatic carbocycles. The van der Waals surface area contributed by atoms with E-state index in [1.165, 1.54) is 40.5 Å². The topological polar surface area (TPSA) is 144 Å². The van der Waals surface area contributed by atoms with E-state index in [1.54, 1.807) is 0 Å². The van der Waals surface area contributed by atoms with E-state index in [1.807, 2.05) is 0 Å². The third-order valence-corrected chi connectivity index (χ3v) is 18.5. The molecule has 90 heavy (non-hydrogen) atoms. The minimum Gasteiger partial charge on any atom is -1.00 e. The van der Waals surface area contributed by atoms with E-state index in [0.29, 0.717) is 43.4 Å². The number of ether oxygens (including phenoxy) is 2. The standard InChI is InChI=1S/C14H20F2O3.C13H17F2O3.2C11H16.2C10H13I.3CH4.ClH.Na.O3S/c1-12(15,16)11(17)19-8-13-3-9-2-10(4-13)6-14(18,5-9)7-13;14-10(15)11(16)18-7-12-2-8-1-9(3-12)5-13(17,4-8)6-12;2*1-9-5-7-10(8-6-9)11(2,3)4;2*1-10(2,3)8-4-6-9(11)7-5-8;;;;;;1-4(2)3/h9-10,18H,2-8H2,1H3;8-9,17H,1-7H2;2*5-8H,1-4H3;2*4-7H,1-3H3;3*1H4;1H;;/q;-1;;;;;;;;;+1;/p-1. The number of hydrogen-bond donors (Lipinski definition) is 2. The number of aryl methyl sites for hydroxylation is 2. The third-order valence-electron chi connectivity index (χ3n) is 17.1. The number of hydrogen-bond acceptors (Lipinski definition) is 9. The van der Waals surface area contributed by atoms with E-state index in [9.17, 15) is 37.4 Å². The van der Waals surface area contributed by atoms with Crippen molar-refractivity contribution in [3.8, 4) is 0 Å². The number of benzene rings is 4. The van der Waals surface area contributed by atoms with Crippen LogP contribution in [-0.4, -0.2) is 65.1 Å². The summed E-state index contributed by atoms with van der Waals surface area (Å²) in [5.41, 5.74) is 7.59. The number of aliphatic hydroxyl groups is 2. The molecule has 8 fully saturated rings. The first-order valence-electron chi connectivity index (χ1n) is 29.6. The van der Waals surface area contributed by atoms with Crippen LogP contribution >= 0.6 is 45.2 Å². The summed E-state index contributed by atoms with van der Waals surface area (Å²) in [7, 11) is -3.11. The van der Waals surface area contributed by atoms with Gasteiger partial charge in [0.1, 0.15) is 0 Å². The van der Waals surface area contributed by atoms with E-state index >= 15 is 0 Å². The van der Waals surface area contributed by atoms with Gasteiger partial charge < -0.3 is 40.9 Å². The van der Waals surface area contributed by atoms with Crippen LogP contribution in [0.15, 0.2) is 97.1 Å². The Bertz CT molecular complexity index is 2640. The molecule has 4 aromatic rings. The number of alkyl halides is 2. The van der Waals surface area contributed by atoms with Gasteiger partial charge >= 0.3 is 52.1 Å². The molecule has 0 spiro atoms. The molecule has 9 nitrogen and oxygen atoms in total. The molecule has 0 amide bonds. The van der Waals surface area contributed by atoms with Crippen LogP contribution < -0.4 is 42.0 Å². The predicted molar refractivity (Wildman–Crippen MR) is 367 cm³/mol. The van der Waals surface area contributed by atoms with Crippen LogP contribution in [0.3, 0.4) is 0 Å². The van der Waals surface area contributed by atoms with Gasteiger partial charge in [-0.1, -0.05) is 189 Å². The molecule has 4 aromatic carbocycles. The Morgan fingerprint density at radius 1 is 0.500 bits per heavy atom. The monoisotopic (exact) mass is 1540 g/mol. The second-order valence-corrected chi connectivity index (χ2v) is 32.5. The third kappa shape index (κ3) is 29.8. The van der Waals surface area contributed by atoms with E-state index in [4.69, 9.17) is 22.1 Å². The molecular weight excluding hydrogens is 1430 g/mol. The molecule has 506 valence electrons. The molecule has 0 aliphatic heterocycles. The second kappa shape index (κ2) is 36.7. The van der Waals surface area contributed by atoms with Gasteiger partial charge in [-0.15, -0.1) is 12.6 Å². The Morgan fingerprint density at radius 3 is 0.944 bits per heavy atom. The van der Waals surface area contributed by atoms with E-state index in [2.05, 4.69) is 239 Å². The smallest absolute Gasteiger partial charge is 1.00 e. The van der Waals surface area contributed by atoms with Crippen molar-refractivity contribution in [3.05, 3.63) is 144 Å². The summed E-state index contributed by atoms with van der Waals surface area (Å²) in [5, 5.41) is 21.0. The first-order chi connectivity index (χ1) is 38.8. The Labute approximate surface area is 597 Å². The maximum atomic E-state index is 12.8. The first-order valence-corrected chi connectivity index (χ1v) is 32.8. The van der Waals surface area contributed by atoms with Crippen molar-refractivity contribution in [3.63, 3.8) is 0 Å². The van der Waals surface area contributed by atoms with E-state index < -0.39 is 46.1 Å². The molecule has 4 unspecified atom stereocenters. The quantitative estimate of drug-likeness (QED) is 0.0634. The van der Waals surface area contributed by atoms with E-state index in [-0.39, 0.29) is 110 Å². The van der Waals surface area contributed by atoms with Crippen LogP contribution in [0.25, 0.3) is 0 Å². The van der Waals surface area contributed by atoms with Gasteiger partial charge in [0.25, 0.3) is 0 Å². The van der Waals surface area contributed by atoms with Crippen LogP contribution in [0.1, 0.15) is 223 Å². The zero-order chi connectivity index (χ0) is 64.4. The number of carbonyl (C=O) groups is 2. The number of esters is 2. The van der Waals surface area contributed by atoms with Gasteiger partial charge in [-0.05, 0) is 228 Å². The normalized spacial score (nSPS) is 24.3. The molecule has 0 heterocycles. The SMILES string of the molecule is C.C.C.CC(C)(C)c1ccc(I)cc1.CC(C)(C)c1ccc(I)cc1.CC(F)(F)C(=O)OCC12CC3CC(CC(O)(C3)C1)C2.Cc1ccc(C(C)(C)C)cc1.Cc1ccc(C(C)(C)C)cc1.O=C(OCC12CC3CC(CC(O)(C3)C1)C2)[C-](F)F.O=S(=O)=O.[Cl-].[Na+]. The minimum absolute atomic E-state index is 0. The number of halogens is 7. The molecule has 4 atom stereocenters. The zero-order valence-electron chi connectivity index (χ0n) is 54.3. The summed E-state index contributed by atoms with van der Waals surface area (Å²) in [4.78, 5) is 22.0. The van der Waals surface area contributed by atoms with Gasteiger partial charge in [-0.3, -0.25) is 4.79 Å². The fraction of sp³-hybridized carbons (Fsp3) is 0.625. The average Bonchev–Trinajstić information content (AvgIpc) is 0.754. The Hall–Kier alpha value is -2.30. The maximum Gasteiger partial charge on any atom is 1.00 e. The van der Waals surface area contributed by atoms with Crippen molar-refractivity contribution in [1.29, 1.82) is 0 Å². The van der Waals surface area contributed by atoms with Crippen LogP contribution in [0.2, 0.25) is 0 Å². The van der Waals surface area contributed by atoms with Gasteiger partial charge in [0.15, 0.2) is 0 Å². The molecule has 18 heteroatoms. The molecule has 0 aromatic heterocycles. The van der Waals surface area contributed by atoms with Crippen LogP contribution in [0.5, 0.6) is 0 Å². The molecule has 2 N–H and O–H groups in total. The summed E-state index contributed by atoms with van der Waals surface area (Å²) >= 11 is 4.65. The van der Waals surface area contributed by atoms with Crippen LogP contribution in [0.4, 0.5) is 17.6 Å². The molecule has 0 radical (unpaired) electrons. The fourth-order valence-corrected chi connectivity index (χ4v) is 14.5. The van der Waals surface area contributed by atoms with Crippen molar-refractivity contribution in [2.24, 2.45) is 34.5 Å². The van der Waals surface area contributed by atoms with Crippen LogP contribution in [-0.2, 0) is 51.3 Å².